The van der Waals surface area contributed by atoms with Gasteiger partial charge < -0.3 is 9.05 Å². The number of hydrogen-bond donors (Lipinski definition) is 1. The molecule has 3 aromatic rings. The van der Waals surface area contributed by atoms with Crippen LogP contribution < -0.4 is 14.5 Å². The second kappa shape index (κ2) is 8.49. The van der Waals surface area contributed by atoms with Gasteiger partial charge in [0.2, 0.25) is 0 Å². The van der Waals surface area contributed by atoms with Crippen LogP contribution in [0.25, 0.3) is 0 Å². The normalized spacial score (nSPS) is 11.0. The molecule has 0 atom stereocenters. The Morgan fingerprint density at radius 1 is 0.680 bits per heavy atom. The van der Waals surface area contributed by atoms with Gasteiger partial charge in [-0.2, -0.15) is 10.1 Å². The summed E-state index contributed by atoms with van der Waals surface area (Å²) in [7, 11) is -3.91. The lowest BCUT2D eigenvalue weighted by atomic mass is 10.2. The third kappa shape index (κ3) is 5.47. The zero-order valence-corrected chi connectivity index (χ0v) is 14.3. The molecule has 1 N–H and O–H groups in total. The zero-order chi connectivity index (χ0) is 17.4. The van der Waals surface area contributed by atoms with Crippen molar-refractivity contribution in [1.82, 2.24) is 5.48 Å². The molecular formula is C19H18NO4P. The Bertz CT molecular complexity index is 767. The summed E-state index contributed by atoms with van der Waals surface area (Å²) in [5.74, 6) is 0.784. The molecule has 0 aliphatic rings. The molecular weight excluding hydrogens is 337 g/mol. The van der Waals surface area contributed by atoms with E-state index < -0.39 is 7.82 Å². The Labute approximate surface area is 146 Å². The number of hydroxylamine groups is 1. The number of nitrogens with one attached hydrogen (secondary N) is 1. The maximum atomic E-state index is 13.0. The lowest BCUT2D eigenvalue weighted by Gasteiger charge is -2.19. The van der Waals surface area contributed by atoms with Gasteiger partial charge in [-0.15, -0.1) is 0 Å². The van der Waals surface area contributed by atoms with E-state index in [9.17, 15) is 4.57 Å². The van der Waals surface area contributed by atoms with E-state index in [0.717, 1.165) is 5.56 Å². The molecule has 0 unspecified atom stereocenters. The van der Waals surface area contributed by atoms with E-state index in [0.29, 0.717) is 18.0 Å². The quantitative estimate of drug-likeness (QED) is 0.456. The first-order valence-corrected chi connectivity index (χ1v) is 9.24. The van der Waals surface area contributed by atoms with Gasteiger partial charge in [-0.3, -0.25) is 0 Å². The molecule has 3 aromatic carbocycles. The number of benzene rings is 3. The number of phosphoric ester groups is 1. The Kier molecular flexibility index (Phi) is 5.86. The smallest absolute Gasteiger partial charge is 0.394 e. The summed E-state index contributed by atoms with van der Waals surface area (Å²) >= 11 is 0. The molecule has 6 heteroatoms. The van der Waals surface area contributed by atoms with Crippen LogP contribution in [0.2, 0.25) is 0 Å². The van der Waals surface area contributed by atoms with Crippen molar-refractivity contribution < 1.29 is 18.2 Å². The van der Waals surface area contributed by atoms with Crippen molar-refractivity contribution in [3.05, 3.63) is 96.6 Å². The SMILES string of the molecule is O=P(ONCc1ccccc1)(Oc1ccccc1)Oc1ccccc1. The van der Waals surface area contributed by atoms with Crippen molar-refractivity contribution in [2.24, 2.45) is 0 Å². The average Bonchev–Trinajstić information content (AvgIpc) is 2.64. The minimum Gasteiger partial charge on any atom is -0.394 e. The Morgan fingerprint density at radius 2 is 1.12 bits per heavy atom. The predicted octanol–water partition coefficient (Wildman–Crippen LogP) is 4.97. The molecule has 25 heavy (non-hydrogen) atoms. The lowest BCUT2D eigenvalue weighted by Crippen LogP contribution is -2.17. The van der Waals surface area contributed by atoms with E-state index in [-0.39, 0.29) is 0 Å². The molecule has 128 valence electrons. The average molecular weight is 355 g/mol. The van der Waals surface area contributed by atoms with Crippen LogP contribution in [0.5, 0.6) is 11.5 Å². The number of para-hydroxylation sites is 2. The maximum absolute atomic E-state index is 13.0. The first-order valence-electron chi connectivity index (χ1n) is 7.78. The molecule has 0 heterocycles. The highest BCUT2D eigenvalue weighted by Gasteiger charge is 2.31. The van der Waals surface area contributed by atoms with E-state index in [1.807, 2.05) is 42.5 Å². The standard InChI is InChI=1S/C19H18NO4P/c21-25(22-18-12-6-2-7-13-18,23-19-14-8-3-9-15-19)24-20-16-17-10-4-1-5-11-17/h1-15,20H,16H2. The third-order valence-corrected chi connectivity index (χ3v) is 4.44. The van der Waals surface area contributed by atoms with Crippen molar-refractivity contribution in [3.63, 3.8) is 0 Å². The van der Waals surface area contributed by atoms with Crippen LogP contribution in [-0.4, -0.2) is 0 Å². The Hall–Kier alpha value is -2.59. The molecule has 5 nitrogen and oxygen atoms in total. The second-order valence-electron chi connectivity index (χ2n) is 5.15. The number of rotatable bonds is 8. The van der Waals surface area contributed by atoms with Gasteiger partial charge in [0.1, 0.15) is 11.5 Å². The first kappa shape index (κ1) is 17.2. The number of hydrogen-bond acceptors (Lipinski definition) is 5. The van der Waals surface area contributed by atoms with Crippen molar-refractivity contribution in [2.45, 2.75) is 6.54 Å². The summed E-state index contributed by atoms with van der Waals surface area (Å²) < 4.78 is 29.3. The molecule has 3 rings (SSSR count). The van der Waals surface area contributed by atoms with E-state index in [2.05, 4.69) is 5.48 Å². The summed E-state index contributed by atoms with van der Waals surface area (Å²) in [4.78, 5) is 0. The van der Waals surface area contributed by atoms with Crippen LogP contribution in [0.1, 0.15) is 5.56 Å². The fourth-order valence-corrected chi connectivity index (χ4v) is 3.16. The lowest BCUT2D eigenvalue weighted by molar-refractivity contribution is 0.130. The summed E-state index contributed by atoms with van der Waals surface area (Å²) in [6.45, 7) is 0.362. The van der Waals surface area contributed by atoms with Gasteiger partial charge in [0, 0.05) is 6.54 Å². The fraction of sp³-hybridized carbons (Fsp3) is 0.0526. The third-order valence-electron chi connectivity index (χ3n) is 3.22. The van der Waals surface area contributed by atoms with E-state index >= 15 is 0 Å². The van der Waals surface area contributed by atoms with Crippen LogP contribution in [0.4, 0.5) is 0 Å². The summed E-state index contributed by atoms with van der Waals surface area (Å²) in [5, 5.41) is 0. The van der Waals surface area contributed by atoms with Crippen molar-refractivity contribution in [2.75, 3.05) is 0 Å². The van der Waals surface area contributed by atoms with E-state index in [4.69, 9.17) is 13.7 Å². The summed E-state index contributed by atoms with van der Waals surface area (Å²) in [6.07, 6.45) is 0. The monoisotopic (exact) mass is 355 g/mol. The molecule has 0 bridgehead atoms. The predicted molar refractivity (Wildman–Crippen MR) is 96.1 cm³/mol. The molecule has 0 saturated carbocycles. The number of phosphoric acid groups is 1. The molecule has 0 saturated heterocycles. The molecule has 0 aliphatic carbocycles. The van der Waals surface area contributed by atoms with E-state index in [1.54, 1.807) is 48.5 Å². The van der Waals surface area contributed by atoms with Crippen molar-refractivity contribution in [3.8, 4) is 11.5 Å². The minimum atomic E-state index is -3.91. The minimum absolute atomic E-state index is 0.362. The molecule has 0 radical (unpaired) electrons. The zero-order valence-electron chi connectivity index (χ0n) is 13.4. The topological polar surface area (TPSA) is 56.8 Å². The fourth-order valence-electron chi connectivity index (χ4n) is 2.07. The van der Waals surface area contributed by atoms with Gasteiger partial charge in [-0.25, -0.2) is 4.57 Å². The highest BCUT2D eigenvalue weighted by Crippen LogP contribution is 2.48. The van der Waals surface area contributed by atoms with Crippen LogP contribution in [-0.2, 0) is 15.7 Å². The Balaban J connectivity index is 1.70. The van der Waals surface area contributed by atoms with Crippen LogP contribution in [0.15, 0.2) is 91.0 Å². The molecule has 0 fully saturated rings. The first-order chi connectivity index (χ1) is 12.2. The van der Waals surface area contributed by atoms with Gasteiger partial charge in [0.15, 0.2) is 0 Å². The summed E-state index contributed by atoms with van der Waals surface area (Å²) in [5.41, 5.74) is 3.65. The van der Waals surface area contributed by atoms with Crippen molar-refractivity contribution >= 4 is 7.82 Å². The van der Waals surface area contributed by atoms with Crippen molar-refractivity contribution in [1.29, 1.82) is 0 Å². The van der Waals surface area contributed by atoms with Gasteiger partial charge in [0.25, 0.3) is 0 Å². The van der Waals surface area contributed by atoms with Gasteiger partial charge in [-0.05, 0) is 29.8 Å². The molecule has 0 amide bonds. The van der Waals surface area contributed by atoms with Crippen LogP contribution in [0.3, 0.4) is 0 Å². The molecule has 0 aliphatic heterocycles. The van der Waals surface area contributed by atoms with Crippen LogP contribution in [0, 0.1) is 0 Å². The van der Waals surface area contributed by atoms with Gasteiger partial charge in [0.05, 0.1) is 0 Å². The molecule has 0 aromatic heterocycles. The maximum Gasteiger partial charge on any atom is 0.604 e. The highest BCUT2D eigenvalue weighted by atomic mass is 31.2. The van der Waals surface area contributed by atoms with Crippen LogP contribution >= 0.6 is 7.82 Å². The second-order valence-corrected chi connectivity index (χ2v) is 6.60. The van der Waals surface area contributed by atoms with E-state index in [1.165, 1.54) is 0 Å². The molecule has 0 spiro atoms. The van der Waals surface area contributed by atoms with Gasteiger partial charge in [-0.1, -0.05) is 66.7 Å². The summed E-state index contributed by atoms with van der Waals surface area (Å²) in [6, 6.07) is 27.1. The van der Waals surface area contributed by atoms with Gasteiger partial charge >= 0.3 is 7.82 Å². The highest BCUT2D eigenvalue weighted by molar-refractivity contribution is 7.49. The largest absolute Gasteiger partial charge is 0.604 e. The Morgan fingerprint density at radius 3 is 1.60 bits per heavy atom.